The lowest BCUT2D eigenvalue weighted by Crippen LogP contribution is -2.43. The van der Waals surface area contributed by atoms with E-state index in [1.807, 2.05) is 14.0 Å². The van der Waals surface area contributed by atoms with Crippen molar-refractivity contribution >= 4 is 0 Å². The summed E-state index contributed by atoms with van der Waals surface area (Å²) >= 11 is 0. The Hall–Kier alpha value is -1.01. The number of likely N-dealkylation sites (N-methyl/N-ethyl adjacent to an activating group) is 1. The molecule has 0 bridgehead atoms. The van der Waals surface area contributed by atoms with Crippen LogP contribution in [0.2, 0.25) is 0 Å². The van der Waals surface area contributed by atoms with Crippen LogP contribution in [0.5, 0.6) is 0 Å². The average molecular weight is 180 g/mol. The normalized spacial score (nSPS) is 32.9. The second-order valence-corrected chi connectivity index (χ2v) is 3.75. The number of piperidine rings is 1. The zero-order valence-electron chi connectivity index (χ0n) is 8.50. The highest BCUT2D eigenvalue weighted by atomic mass is 16.5. The number of hydrogen-bond acceptors (Lipinski definition) is 2. The van der Waals surface area contributed by atoms with Gasteiger partial charge in [0.2, 0.25) is 0 Å². The summed E-state index contributed by atoms with van der Waals surface area (Å²) in [5.74, 6) is 0. The molecule has 0 aliphatic carbocycles. The van der Waals surface area contributed by atoms with Crippen LogP contribution in [0.1, 0.15) is 13.3 Å². The molecule has 0 aromatic carbocycles. The first-order valence-electron chi connectivity index (χ1n) is 4.42. The Morgan fingerprint density at radius 1 is 1.69 bits per heavy atom. The van der Waals surface area contributed by atoms with Crippen LogP contribution < -0.4 is 0 Å². The Labute approximate surface area is 79.8 Å². The van der Waals surface area contributed by atoms with Crippen LogP contribution in [0.15, 0.2) is 11.8 Å². The molecular formula is C10H16N2O. The van der Waals surface area contributed by atoms with Crippen molar-refractivity contribution in [2.24, 2.45) is 0 Å². The molecule has 72 valence electrons. The maximum Gasteiger partial charge on any atom is 0.266 e. The van der Waals surface area contributed by atoms with Gasteiger partial charge in [-0.05, 0) is 13.5 Å². The van der Waals surface area contributed by atoms with E-state index in [2.05, 4.69) is 9.74 Å². The van der Waals surface area contributed by atoms with E-state index in [0.29, 0.717) is 0 Å². The van der Waals surface area contributed by atoms with Crippen LogP contribution in [0, 0.1) is 6.57 Å². The average Bonchev–Trinajstić information content (AvgIpc) is 2.10. The molecule has 0 N–H and O–H groups in total. The number of likely N-dealkylation sites (tertiary alicyclic amines) is 1. The summed E-state index contributed by atoms with van der Waals surface area (Å²) in [7, 11) is 3.68. The monoisotopic (exact) mass is 180 g/mol. The SMILES string of the molecule is [C-]#[N+]C1(C)CN(C)CC/C1=C/OC. The maximum absolute atomic E-state index is 7.19. The van der Waals surface area contributed by atoms with Gasteiger partial charge in [-0.25, -0.2) is 6.57 Å². The van der Waals surface area contributed by atoms with Gasteiger partial charge in [-0.15, -0.1) is 0 Å². The second kappa shape index (κ2) is 3.80. The third kappa shape index (κ3) is 2.02. The second-order valence-electron chi connectivity index (χ2n) is 3.75. The quantitative estimate of drug-likeness (QED) is 0.449. The summed E-state index contributed by atoms with van der Waals surface area (Å²) in [5.41, 5.74) is 0.728. The molecule has 0 saturated carbocycles. The van der Waals surface area contributed by atoms with Crippen molar-refractivity contribution in [2.45, 2.75) is 18.9 Å². The number of hydrogen-bond donors (Lipinski definition) is 0. The molecule has 1 unspecified atom stereocenters. The van der Waals surface area contributed by atoms with Crippen LogP contribution in [0.25, 0.3) is 4.85 Å². The fraction of sp³-hybridized carbons (Fsp3) is 0.700. The first kappa shape index (κ1) is 10.1. The van der Waals surface area contributed by atoms with E-state index in [-0.39, 0.29) is 5.54 Å². The van der Waals surface area contributed by atoms with E-state index in [1.165, 1.54) is 0 Å². The van der Waals surface area contributed by atoms with Gasteiger partial charge in [0.25, 0.3) is 5.54 Å². The lowest BCUT2D eigenvalue weighted by molar-refractivity contribution is 0.249. The maximum atomic E-state index is 7.19. The van der Waals surface area contributed by atoms with E-state index in [4.69, 9.17) is 11.3 Å². The van der Waals surface area contributed by atoms with Crippen molar-refractivity contribution in [3.05, 3.63) is 23.3 Å². The van der Waals surface area contributed by atoms with E-state index in [1.54, 1.807) is 13.4 Å². The molecule has 0 amide bonds. The number of ether oxygens (including phenoxy) is 1. The molecule has 3 nitrogen and oxygen atoms in total. The molecular weight excluding hydrogens is 164 g/mol. The number of methoxy groups -OCH3 is 1. The summed E-state index contributed by atoms with van der Waals surface area (Å²) in [5, 5.41) is 0. The van der Waals surface area contributed by atoms with Gasteiger partial charge in [-0.3, -0.25) is 4.90 Å². The Morgan fingerprint density at radius 2 is 2.38 bits per heavy atom. The fourth-order valence-corrected chi connectivity index (χ4v) is 1.72. The fourth-order valence-electron chi connectivity index (χ4n) is 1.72. The first-order chi connectivity index (χ1) is 6.12. The van der Waals surface area contributed by atoms with Gasteiger partial charge in [0.15, 0.2) is 0 Å². The van der Waals surface area contributed by atoms with Gasteiger partial charge in [-0.1, -0.05) is 0 Å². The van der Waals surface area contributed by atoms with E-state index in [0.717, 1.165) is 25.1 Å². The predicted octanol–water partition coefficient (Wildman–Crippen LogP) is 1.53. The highest BCUT2D eigenvalue weighted by molar-refractivity contribution is 5.26. The molecule has 1 atom stereocenters. The summed E-state index contributed by atoms with van der Waals surface area (Å²) in [6.07, 6.45) is 2.66. The van der Waals surface area contributed by atoms with Crippen LogP contribution >= 0.6 is 0 Å². The Bertz CT molecular complexity index is 254. The van der Waals surface area contributed by atoms with Crippen molar-refractivity contribution in [3.63, 3.8) is 0 Å². The van der Waals surface area contributed by atoms with Crippen LogP contribution in [0.3, 0.4) is 0 Å². The molecule has 0 aromatic rings. The van der Waals surface area contributed by atoms with E-state index < -0.39 is 0 Å². The largest absolute Gasteiger partial charge is 0.504 e. The molecule has 1 aliphatic rings. The molecule has 3 heteroatoms. The zero-order chi connectivity index (χ0) is 9.90. The van der Waals surface area contributed by atoms with Crippen molar-refractivity contribution in [3.8, 4) is 0 Å². The molecule has 1 saturated heterocycles. The van der Waals surface area contributed by atoms with Gasteiger partial charge < -0.3 is 9.58 Å². The van der Waals surface area contributed by atoms with Crippen LogP contribution in [-0.2, 0) is 4.74 Å². The summed E-state index contributed by atoms with van der Waals surface area (Å²) in [4.78, 5) is 5.88. The topological polar surface area (TPSA) is 16.8 Å². The summed E-state index contributed by atoms with van der Waals surface area (Å²) in [6.45, 7) is 11.0. The van der Waals surface area contributed by atoms with Crippen molar-refractivity contribution in [1.82, 2.24) is 4.90 Å². The predicted molar refractivity (Wildman–Crippen MR) is 52.2 cm³/mol. The molecule has 13 heavy (non-hydrogen) atoms. The van der Waals surface area contributed by atoms with Gasteiger partial charge in [-0.2, -0.15) is 0 Å². The summed E-state index contributed by atoms with van der Waals surface area (Å²) < 4.78 is 4.99. The molecule has 1 aliphatic heterocycles. The lowest BCUT2D eigenvalue weighted by atomic mass is 9.87. The first-order valence-corrected chi connectivity index (χ1v) is 4.42. The number of nitrogens with zero attached hydrogens (tertiary/aromatic N) is 2. The van der Waals surface area contributed by atoms with Crippen molar-refractivity contribution in [2.75, 3.05) is 27.2 Å². The van der Waals surface area contributed by atoms with E-state index >= 15 is 0 Å². The Kier molecular flexibility index (Phi) is 2.94. The van der Waals surface area contributed by atoms with Crippen molar-refractivity contribution < 1.29 is 4.74 Å². The highest BCUT2D eigenvalue weighted by Crippen LogP contribution is 2.29. The van der Waals surface area contributed by atoms with Crippen molar-refractivity contribution in [1.29, 1.82) is 0 Å². The van der Waals surface area contributed by atoms with Crippen LogP contribution in [0.4, 0.5) is 0 Å². The zero-order valence-corrected chi connectivity index (χ0v) is 8.50. The minimum absolute atomic E-state index is 0.386. The van der Waals surface area contributed by atoms with E-state index in [9.17, 15) is 0 Å². The standard InChI is InChI=1S/C10H16N2O/c1-10(11-2)8-12(3)6-5-9(10)7-13-4/h7H,5-6,8H2,1,3-4H3/b9-7-. The Balaban J connectivity index is 2.86. The molecule has 0 radical (unpaired) electrons. The highest BCUT2D eigenvalue weighted by Gasteiger charge is 2.40. The molecule has 0 aromatic heterocycles. The van der Waals surface area contributed by atoms with Gasteiger partial charge >= 0.3 is 0 Å². The molecule has 1 fully saturated rings. The Morgan fingerprint density at radius 3 is 2.92 bits per heavy atom. The van der Waals surface area contributed by atoms with Gasteiger partial charge in [0, 0.05) is 13.5 Å². The molecule has 1 rings (SSSR count). The minimum Gasteiger partial charge on any atom is -0.504 e. The lowest BCUT2D eigenvalue weighted by Gasteiger charge is -2.31. The minimum atomic E-state index is -0.386. The molecule has 1 heterocycles. The third-order valence-corrected chi connectivity index (χ3v) is 2.54. The third-order valence-electron chi connectivity index (χ3n) is 2.54. The van der Waals surface area contributed by atoms with Gasteiger partial charge in [0.05, 0.1) is 25.5 Å². The smallest absolute Gasteiger partial charge is 0.266 e. The molecule has 0 spiro atoms. The van der Waals surface area contributed by atoms with Crippen LogP contribution in [-0.4, -0.2) is 37.7 Å². The number of rotatable bonds is 1. The van der Waals surface area contributed by atoms with Gasteiger partial charge in [0.1, 0.15) is 0 Å². The summed E-state index contributed by atoms with van der Waals surface area (Å²) in [6, 6.07) is 0.